The monoisotopic (exact) mass is 340 g/mol. The molecule has 6 nitrogen and oxygen atoms in total. The summed E-state index contributed by atoms with van der Waals surface area (Å²) in [6.07, 6.45) is 0. The van der Waals surface area contributed by atoms with Crippen LogP contribution in [0, 0.1) is 13.8 Å². The van der Waals surface area contributed by atoms with Gasteiger partial charge in [-0.15, -0.1) is 0 Å². The van der Waals surface area contributed by atoms with Crippen molar-refractivity contribution in [1.29, 1.82) is 0 Å². The first-order chi connectivity index (χ1) is 10.1. The maximum atomic E-state index is 12.2. The molecule has 0 unspecified atom stereocenters. The highest BCUT2D eigenvalue weighted by atomic mass is 32.2. The SMILES string of the molecule is Cc1ccc(S(=O)(=O)Nc2ccc(S(=O)(=O)[O-])c(C)c2)cc1. The summed E-state index contributed by atoms with van der Waals surface area (Å²) in [5, 5.41) is 0. The summed E-state index contributed by atoms with van der Waals surface area (Å²) < 4.78 is 59.8. The van der Waals surface area contributed by atoms with E-state index in [4.69, 9.17) is 0 Å². The van der Waals surface area contributed by atoms with E-state index >= 15 is 0 Å². The number of rotatable bonds is 4. The first-order valence-corrected chi connectivity index (χ1v) is 9.15. The van der Waals surface area contributed by atoms with Crippen LogP contribution in [0.3, 0.4) is 0 Å². The molecule has 2 aromatic carbocycles. The van der Waals surface area contributed by atoms with Gasteiger partial charge in [0.25, 0.3) is 10.0 Å². The van der Waals surface area contributed by atoms with Gasteiger partial charge in [0.15, 0.2) is 0 Å². The molecule has 0 amide bonds. The second kappa shape index (κ2) is 5.71. The molecular formula is C14H14NO5S2-. The van der Waals surface area contributed by atoms with Crippen LogP contribution in [0.5, 0.6) is 0 Å². The Kier molecular flexibility index (Phi) is 4.28. The summed E-state index contributed by atoms with van der Waals surface area (Å²) in [7, 11) is -8.35. The largest absolute Gasteiger partial charge is 0.744 e. The third-order valence-corrected chi connectivity index (χ3v) is 5.42. The number of sulfonamides is 1. The van der Waals surface area contributed by atoms with Gasteiger partial charge < -0.3 is 4.55 Å². The van der Waals surface area contributed by atoms with Crippen LogP contribution in [-0.4, -0.2) is 21.4 Å². The van der Waals surface area contributed by atoms with Crippen LogP contribution in [0.4, 0.5) is 5.69 Å². The molecule has 0 aromatic heterocycles. The first kappa shape index (κ1) is 16.5. The predicted octanol–water partition coefficient (Wildman–Crippen LogP) is 2.01. The molecule has 0 spiro atoms. The predicted molar refractivity (Wildman–Crippen MR) is 81.1 cm³/mol. The van der Waals surface area contributed by atoms with Gasteiger partial charge in [-0.2, -0.15) is 0 Å². The summed E-state index contributed by atoms with van der Waals surface area (Å²) in [6, 6.07) is 9.92. The fourth-order valence-electron chi connectivity index (χ4n) is 1.92. The molecule has 0 saturated heterocycles. The van der Waals surface area contributed by atoms with Crippen LogP contribution >= 0.6 is 0 Å². The Bertz CT molecular complexity index is 901. The molecule has 0 saturated carbocycles. The zero-order valence-corrected chi connectivity index (χ0v) is 13.5. The van der Waals surface area contributed by atoms with Crippen LogP contribution in [0.25, 0.3) is 0 Å². The van der Waals surface area contributed by atoms with Crippen molar-refractivity contribution in [3.05, 3.63) is 53.6 Å². The Labute approximate surface area is 129 Å². The third kappa shape index (κ3) is 3.65. The molecule has 0 heterocycles. The molecule has 2 rings (SSSR count). The van der Waals surface area contributed by atoms with Crippen molar-refractivity contribution in [3.63, 3.8) is 0 Å². The van der Waals surface area contributed by atoms with Gasteiger partial charge >= 0.3 is 0 Å². The smallest absolute Gasteiger partial charge is 0.261 e. The van der Waals surface area contributed by atoms with Gasteiger partial charge in [0.2, 0.25) is 0 Å². The Morgan fingerprint density at radius 2 is 1.50 bits per heavy atom. The van der Waals surface area contributed by atoms with Crippen molar-refractivity contribution < 1.29 is 21.4 Å². The summed E-state index contributed by atoms with van der Waals surface area (Å²) in [4.78, 5) is -0.276. The summed E-state index contributed by atoms with van der Waals surface area (Å²) in [5.74, 6) is 0. The van der Waals surface area contributed by atoms with Crippen molar-refractivity contribution in [2.24, 2.45) is 0 Å². The number of anilines is 1. The van der Waals surface area contributed by atoms with Crippen molar-refractivity contribution >= 4 is 25.8 Å². The molecule has 0 aliphatic carbocycles. The van der Waals surface area contributed by atoms with Crippen LogP contribution in [0.15, 0.2) is 52.3 Å². The van der Waals surface area contributed by atoms with E-state index in [9.17, 15) is 21.4 Å². The minimum absolute atomic E-state index is 0.0938. The highest BCUT2D eigenvalue weighted by Crippen LogP contribution is 2.22. The lowest BCUT2D eigenvalue weighted by molar-refractivity contribution is 0.462. The van der Waals surface area contributed by atoms with Crippen molar-refractivity contribution in [1.82, 2.24) is 0 Å². The van der Waals surface area contributed by atoms with Crippen LogP contribution < -0.4 is 4.72 Å². The van der Waals surface area contributed by atoms with E-state index in [-0.39, 0.29) is 21.0 Å². The van der Waals surface area contributed by atoms with E-state index in [1.165, 1.54) is 31.2 Å². The Morgan fingerprint density at radius 1 is 0.909 bits per heavy atom. The van der Waals surface area contributed by atoms with E-state index in [1.54, 1.807) is 12.1 Å². The maximum Gasteiger partial charge on any atom is 0.261 e. The molecule has 22 heavy (non-hydrogen) atoms. The average Bonchev–Trinajstić information content (AvgIpc) is 2.37. The zero-order chi connectivity index (χ0) is 16.5. The van der Waals surface area contributed by atoms with Gasteiger partial charge in [-0.05, 0) is 49.7 Å². The Hall–Kier alpha value is -1.90. The maximum absolute atomic E-state index is 12.2. The molecule has 0 aliphatic rings. The van der Waals surface area contributed by atoms with E-state index in [2.05, 4.69) is 4.72 Å². The minimum atomic E-state index is -4.58. The van der Waals surface area contributed by atoms with Gasteiger partial charge in [0, 0.05) is 5.69 Å². The van der Waals surface area contributed by atoms with Crippen LogP contribution in [-0.2, 0) is 20.1 Å². The minimum Gasteiger partial charge on any atom is -0.744 e. The van der Waals surface area contributed by atoms with E-state index in [0.29, 0.717) is 0 Å². The van der Waals surface area contributed by atoms with Gasteiger partial charge in [0.1, 0.15) is 10.1 Å². The van der Waals surface area contributed by atoms with Gasteiger partial charge in [-0.1, -0.05) is 17.7 Å². The molecule has 1 N–H and O–H groups in total. The molecule has 118 valence electrons. The van der Waals surface area contributed by atoms with E-state index in [1.807, 2.05) is 6.92 Å². The summed E-state index contributed by atoms with van der Waals surface area (Å²) in [5.41, 5.74) is 1.30. The van der Waals surface area contributed by atoms with Crippen molar-refractivity contribution in [3.8, 4) is 0 Å². The fraction of sp³-hybridized carbons (Fsp3) is 0.143. The van der Waals surface area contributed by atoms with Crippen molar-refractivity contribution in [2.75, 3.05) is 4.72 Å². The molecule has 0 aliphatic heterocycles. The second-order valence-electron chi connectivity index (χ2n) is 4.85. The normalized spacial score (nSPS) is 12.1. The lowest BCUT2D eigenvalue weighted by Crippen LogP contribution is -2.13. The van der Waals surface area contributed by atoms with Gasteiger partial charge in [-0.25, -0.2) is 16.8 Å². The van der Waals surface area contributed by atoms with Crippen molar-refractivity contribution in [2.45, 2.75) is 23.6 Å². The van der Waals surface area contributed by atoms with E-state index in [0.717, 1.165) is 11.6 Å². The Morgan fingerprint density at radius 3 is 2.00 bits per heavy atom. The molecule has 0 fully saturated rings. The highest BCUT2D eigenvalue weighted by molar-refractivity contribution is 7.92. The number of benzene rings is 2. The van der Waals surface area contributed by atoms with Crippen LogP contribution in [0.1, 0.15) is 11.1 Å². The van der Waals surface area contributed by atoms with E-state index < -0.39 is 20.1 Å². The lowest BCUT2D eigenvalue weighted by atomic mass is 10.2. The standard InChI is InChI=1S/C14H15NO5S2/c1-10-3-6-13(7-4-10)21(16,17)15-12-5-8-14(11(2)9-12)22(18,19)20/h3-9,15H,1-2H3,(H,18,19,20)/p-1. The molecule has 2 aromatic rings. The van der Waals surface area contributed by atoms with Crippen LogP contribution in [0.2, 0.25) is 0 Å². The fourth-order valence-corrected chi connectivity index (χ4v) is 3.66. The molecule has 0 bridgehead atoms. The number of hydrogen-bond acceptors (Lipinski definition) is 5. The highest BCUT2D eigenvalue weighted by Gasteiger charge is 2.15. The molecular weight excluding hydrogens is 326 g/mol. The number of nitrogens with one attached hydrogen (secondary N) is 1. The second-order valence-corrected chi connectivity index (χ2v) is 7.88. The number of hydrogen-bond donors (Lipinski definition) is 1. The first-order valence-electron chi connectivity index (χ1n) is 6.26. The summed E-state index contributed by atoms with van der Waals surface area (Å²) in [6.45, 7) is 3.27. The number of aryl methyl sites for hydroxylation is 2. The molecule has 0 radical (unpaired) electrons. The van der Waals surface area contributed by atoms with Gasteiger partial charge in [0.05, 0.1) is 9.79 Å². The quantitative estimate of drug-likeness (QED) is 0.858. The average molecular weight is 340 g/mol. The Balaban J connectivity index is 2.35. The summed E-state index contributed by atoms with van der Waals surface area (Å²) >= 11 is 0. The topological polar surface area (TPSA) is 103 Å². The van der Waals surface area contributed by atoms with Gasteiger partial charge in [-0.3, -0.25) is 4.72 Å². The molecule has 8 heteroatoms. The third-order valence-electron chi connectivity index (χ3n) is 3.03. The zero-order valence-electron chi connectivity index (χ0n) is 11.9. The lowest BCUT2D eigenvalue weighted by Gasteiger charge is -2.13. The molecule has 0 atom stereocenters.